The number of amides is 2. The van der Waals surface area contributed by atoms with Crippen LogP contribution in [0.25, 0.3) is 0 Å². The second-order valence-electron chi connectivity index (χ2n) is 7.90. The van der Waals surface area contributed by atoms with Gasteiger partial charge in [-0.05, 0) is 61.7 Å². The summed E-state index contributed by atoms with van der Waals surface area (Å²) in [7, 11) is 1.58. The molecular formula is C24H28Cl2N2O4. The number of nitrogens with zero attached hydrogens (tertiary/aromatic N) is 1. The van der Waals surface area contributed by atoms with Gasteiger partial charge < -0.3 is 19.7 Å². The second-order valence-corrected chi connectivity index (χ2v) is 8.71. The lowest BCUT2D eigenvalue weighted by Crippen LogP contribution is -2.50. The van der Waals surface area contributed by atoms with E-state index in [1.54, 1.807) is 56.5 Å². The Morgan fingerprint density at radius 2 is 1.72 bits per heavy atom. The number of hydrogen-bond donors (Lipinski definition) is 1. The minimum atomic E-state index is -0.669. The number of hydrogen-bond acceptors (Lipinski definition) is 4. The van der Waals surface area contributed by atoms with Crippen molar-refractivity contribution in [2.75, 3.05) is 13.7 Å². The molecule has 1 saturated carbocycles. The summed E-state index contributed by atoms with van der Waals surface area (Å²) >= 11 is 12.2. The van der Waals surface area contributed by atoms with E-state index in [1.807, 2.05) is 0 Å². The van der Waals surface area contributed by atoms with Crippen molar-refractivity contribution in [1.29, 1.82) is 0 Å². The first-order valence-electron chi connectivity index (χ1n) is 10.7. The molecule has 2 aromatic carbocycles. The molecule has 2 aromatic rings. The van der Waals surface area contributed by atoms with Crippen LogP contribution in [0.15, 0.2) is 42.5 Å². The average Bonchev–Trinajstić information content (AvgIpc) is 3.31. The van der Waals surface area contributed by atoms with Gasteiger partial charge in [-0.25, -0.2) is 0 Å². The fourth-order valence-corrected chi connectivity index (χ4v) is 4.03. The Balaban J connectivity index is 1.71. The summed E-state index contributed by atoms with van der Waals surface area (Å²) in [5, 5.41) is 3.90. The lowest BCUT2D eigenvalue weighted by Gasteiger charge is -2.29. The Kier molecular flexibility index (Phi) is 8.65. The minimum Gasteiger partial charge on any atom is -0.497 e. The van der Waals surface area contributed by atoms with Crippen molar-refractivity contribution in [3.05, 3.63) is 58.1 Å². The molecule has 0 unspecified atom stereocenters. The second kappa shape index (κ2) is 11.4. The standard InChI is InChI=1S/C24H28Cl2N2O4/c1-16(24(30)27-18-5-3-4-6-18)28(14-17-7-12-21(25)22(26)13-17)23(29)15-32-20-10-8-19(31-2)9-11-20/h7-13,16,18H,3-6,14-15H2,1-2H3,(H,27,30)/t16-/m0/s1. The van der Waals surface area contributed by atoms with E-state index in [-0.39, 0.29) is 31.0 Å². The fourth-order valence-electron chi connectivity index (χ4n) is 3.71. The molecule has 172 valence electrons. The van der Waals surface area contributed by atoms with Crippen LogP contribution in [0.4, 0.5) is 0 Å². The molecule has 1 atom stereocenters. The lowest BCUT2D eigenvalue weighted by atomic mass is 10.1. The molecular weight excluding hydrogens is 451 g/mol. The molecule has 0 aromatic heterocycles. The van der Waals surface area contributed by atoms with Gasteiger partial charge in [-0.15, -0.1) is 0 Å². The maximum absolute atomic E-state index is 13.1. The summed E-state index contributed by atoms with van der Waals surface area (Å²) in [4.78, 5) is 27.5. The SMILES string of the molecule is COc1ccc(OCC(=O)N(Cc2ccc(Cl)c(Cl)c2)[C@@H](C)C(=O)NC2CCCC2)cc1. The fraction of sp³-hybridized carbons (Fsp3) is 0.417. The van der Waals surface area contributed by atoms with Crippen molar-refractivity contribution in [3.63, 3.8) is 0 Å². The van der Waals surface area contributed by atoms with E-state index in [9.17, 15) is 9.59 Å². The van der Waals surface area contributed by atoms with Gasteiger partial charge in [0.1, 0.15) is 17.5 Å². The molecule has 1 aliphatic carbocycles. The number of halogens is 2. The molecule has 1 aliphatic rings. The number of carbonyl (C=O) groups is 2. The molecule has 6 nitrogen and oxygen atoms in total. The first kappa shape index (κ1) is 24.2. The molecule has 3 rings (SSSR count). The van der Waals surface area contributed by atoms with Crippen LogP contribution in [0.5, 0.6) is 11.5 Å². The molecule has 0 aliphatic heterocycles. The van der Waals surface area contributed by atoms with E-state index in [2.05, 4.69) is 5.32 Å². The number of methoxy groups -OCH3 is 1. The van der Waals surface area contributed by atoms with Crippen LogP contribution in [0.1, 0.15) is 38.2 Å². The third kappa shape index (κ3) is 6.53. The Hall–Kier alpha value is -2.44. The monoisotopic (exact) mass is 478 g/mol. The smallest absolute Gasteiger partial charge is 0.261 e. The predicted octanol–water partition coefficient (Wildman–Crippen LogP) is 4.86. The van der Waals surface area contributed by atoms with Crippen molar-refractivity contribution in [1.82, 2.24) is 10.2 Å². The first-order valence-corrected chi connectivity index (χ1v) is 11.4. The van der Waals surface area contributed by atoms with Crippen molar-refractivity contribution in [3.8, 4) is 11.5 Å². The van der Waals surface area contributed by atoms with Gasteiger partial charge in [-0.2, -0.15) is 0 Å². The molecule has 1 N–H and O–H groups in total. The highest BCUT2D eigenvalue weighted by atomic mass is 35.5. The first-order chi connectivity index (χ1) is 15.4. The Bertz CT molecular complexity index is 930. The van der Waals surface area contributed by atoms with Crippen LogP contribution < -0.4 is 14.8 Å². The molecule has 32 heavy (non-hydrogen) atoms. The number of carbonyl (C=O) groups excluding carboxylic acids is 2. The van der Waals surface area contributed by atoms with Gasteiger partial charge in [0.05, 0.1) is 17.2 Å². The largest absolute Gasteiger partial charge is 0.497 e. The molecule has 1 fully saturated rings. The number of benzene rings is 2. The number of ether oxygens (including phenoxy) is 2. The zero-order chi connectivity index (χ0) is 23.1. The van der Waals surface area contributed by atoms with Gasteiger partial charge in [-0.3, -0.25) is 9.59 Å². The zero-order valence-electron chi connectivity index (χ0n) is 18.3. The molecule has 0 heterocycles. The van der Waals surface area contributed by atoms with Crippen molar-refractivity contribution < 1.29 is 19.1 Å². The normalized spacial score (nSPS) is 14.6. The van der Waals surface area contributed by atoms with Crippen molar-refractivity contribution >= 4 is 35.0 Å². The van der Waals surface area contributed by atoms with E-state index in [4.69, 9.17) is 32.7 Å². The average molecular weight is 479 g/mol. The van der Waals surface area contributed by atoms with Gasteiger partial charge in [0, 0.05) is 12.6 Å². The maximum Gasteiger partial charge on any atom is 0.261 e. The molecule has 0 saturated heterocycles. The highest BCUT2D eigenvalue weighted by Crippen LogP contribution is 2.24. The third-order valence-corrected chi connectivity index (χ3v) is 6.37. The van der Waals surface area contributed by atoms with Crippen LogP contribution in [-0.2, 0) is 16.1 Å². The number of rotatable bonds is 9. The van der Waals surface area contributed by atoms with Crippen molar-refractivity contribution in [2.45, 2.75) is 51.2 Å². The lowest BCUT2D eigenvalue weighted by molar-refractivity contribution is -0.142. The van der Waals surface area contributed by atoms with Crippen LogP contribution in [0, 0.1) is 0 Å². The maximum atomic E-state index is 13.1. The van der Waals surface area contributed by atoms with E-state index in [0.29, 0.717) is 21.5 Å². The summed E-state index contributed by atoms with van der Waals surface area (Å²) < 4.78 is 10.8. The predicted molar refractivity (Wildman–Crippen MR) is 125 cm³/mol. The van der Waals surface area contributed by atoms with E-state index < -0.39 is 6.04 Å². The summed E-state index contributed by atoms with van der Waals surface area (Å²) in [6.07, 6.45) is 4.17. The van der Waals surface area contributed by atoms with E-state index in [0.717, 1.165) is 31.2 Å². The topological polar surface area (TPSA) is 67.9 Å². The van der Waals surface area contributed by atoms with Crippen LogP contribution >= 0.6 is 23.2 Å². The quantitative estimate of drug-likeness (QED) is 0.558. The highest BCUT2D eigenvalue weighted by Gasteiger charge is 2.28. The van der Waals surface area contributed by atoms with Gasteiger partial charge in [0.2, 0.25) is 5.91 Å². The Morgan fingerprint density at radius 3 is 2.34 bits per heavy atom. The van der Waals surface area contributed by atoms with Crippen molar-refractivity contribution in [2.24, 2.45) is 0 Å². The summed E-state index contributed by atoms with van der Waals surface area (Å²) in [6, 6.07) is 11.6. The molecule has 0 bridgehead atoms. The summed E-state index contributed by atoms with van der Waals surface area (Å²) in [5.74, 6) is 0.759. The minimum absolute atomic E-state index is 0.169. The Labute approximate surface area is 198 Å². The molecule has 8 heteroatoms. The van der Waals surface area contributed by atoms with E-state index >= 15 is 0 Å². The number of nitrogens with one attached hydrogen (secondary N) is 1. The van der Waals surface area contributed by atoms with Gasteiger partial charge in [0.25, 0.3) is 5.91 Å². The molecule has 0 radical (unpaired) electrons. The van der Waals surface area contributed by atoms with Gasteiger partial charge in [0.15, 0.2) is 6.61 Å². The Morgan fingerprint density at radius 1 is 1.06 bits per heavy atom. The van der Waals surface area contributed by atoms with Crippen LogP contribution in [0.2, 0.25) is 10.0 Å². The summed E-state index contributed by atoms with van der Waals surface area (Å²) in [5.41, 5.74) is 0.776. The zero-order valence-corrected chi connectivity index (χ0v) is 19.8. The highest BCUT2D eigenvalue weighted by molar-refractivity contribution is 6.42. The van der Waals surface area contributed by atoms with Crippen LogP contribution in [0.3, 0.4) is 0 Å². The molecule has 0 spiro atoms. The van der Waals surface area contributed by atoms with Gasteiger partial charge in [-0.1, -0.05) is 42.1 Å². The van der Waals surface area contributed by atoms with Gasteiger partial charge >= 0.3 is 0 Å². The molecule has 2 amide bonds. The van der Waals surface area contributed by atoms with E-state index in [1.165, 1.54) is 4.90 Å². The third-order valence-electron chi connectivity index (χ3n) is 5.63. The summed E-state index contributed by atoms with van der Waals surface area (Å²) in [6.45, 7) is 1.74. The van der Waals surface area contributed by atoms with Crippen LogP contribution in [-0.4, -0.2) is 42.5 Å².